The zero-order chi connectivity index (χ0) is 15.6. The van der Waals surface area contributed by atoms with Gasteiger partial charge in [-0.1, -0.05) is 0 Å². The van der Waals surface area contributed by atoms with E-state index in [-0.39, 0.29) is 5.56 Å². The first-order valence-electron chi connectivity index (χ1n) is 6.07. The molecule has 0 saturated carbocycles. The molecule has 2 aromatic rings. The van der Waals surface area contributed by atoms with Crippen LogP contribution in [0.3, 0.4) is 0 Å². The third-order valence-corrected chi connectivity index (χ3v) is 3.99. The fraction of sp³-hybridized carbons (Fsp3) is 0.267. The maximum Gasteiger partial charge on any atom is 0.345 e. The Morgan fingerprint density at radius 3 is 2.14 bits per heavy atom. The van der Waals surface area contributed by atoms with Crippen molar-refractivity contribution in [3.8, 4) is 17.2 Å². The van der Waals surface area contributed by atoms with E-state index in [0.717, 1.165) is 14.3 Å². The molecule has 0 N–H and O–H groups in total. The van der Waals surface area contributed by atoms with E-state index in [1.54, 1.807) is 13.2 Å². The summed E-state index contributed by atoms with van der Waals surface area (Å²) in [7, 11) is 5.92. The van der Waals surface area contributed by atoms with Crippen LogP contribution >= 0.6 is 22.6 Å². The van der Waals surface area contributed by atoms with Gasteiger partial charge in [0, 0.05) is 5.39 Å². The molecule has 0 bridgehead atoms. The Balaban J connectivity index is 2.89. The molecule has 0 saturated heterocycles. The van der Waals surface area contributed by atoms with E-state index in [0.29, 0.717) is 17.2 Å². The summed E-state index contributed by atoms with van der Waals surface area (Å²) < 4.78 is 21.8. The van der Waals surface area contributed by atoms with Crippen LogP contribution in [0.5, 0.6) is 17.2 Å². The smallest absolute Gasteiger partial charge is 0.345 e. The van der Waals surface area contributed by atoms with Gasteiger partial charge in [-0.3, -0.25) is 0 Å². The molecule has 0 radical (unpaired) electrons. The average molecular weight is 402 g/mol. The first kappa shape index (κ1) is 15.7. The zero-order valence-electron chi connectivity index (χ0n) is 12.2. The molecule has 0 unspecified atom stereocenters. The highest BCUT2D eigenvalue weighted by molar-refractivity contribution is 14.1. The molecule has 0 atom stereocenters. The number of fused-ring (bicyclic) bond motifs is 1. The number of hydrogen-bond acceptors (Lipinski definition) is 5. The van der Waals surface area contributed by atoms with Gasteiger partial charge in [0.15, 0.2) is 0 Å². The summed E-state index contributed by atoms with van der Waals surface area (Å²) in [4.78, 5) is 12.0. The largest absolute Gasteiger partial charge is 0.496 e. The number of ether oxygens (including phenoxy) is 4. The number of carbonyl (C=O) groups excluding carboxylic acids is 1. The molecule has 0 spiro atoms. The predicted octanol–water partition coefficient (Wildman–Crippen LogP) is 3.26. The Morgan fingerprint density at radius 2 is 1.62 bits per heavy atom. The molecule has 0 aliphatic heterocycles. The SMILES string of the molecule is COC(=O)c1c(OC)cc2cc(I)c(OC)cc2c1OC. The molecule has 2 aromatic carbocycles. The normalized spacial score (nSPS) is 10.3. The number of esters is 1. The quantitative estimate of drug-likeness (QED) is 0.581. The number of methoxy groups -OCH3 is 4. The van der Waals surface area contributed by atoms with Gasteiger partial charge in [-0.15, -0.1) is 0 Å². The molecular formula is C15H15IO5. The zero-order valence-corrected chi connectivity index (χ0v) is 14.3. The summed E-state index contributed by atoms with van der Waals surface area (Å²) in [5.74, 6) is 1.02. The van der Waals surface area contributed by atoms with Crippen LogP contribution in [0.1, 0.15) is 10.4 Å². The Hall–Kier alpha value is -1.70. The highest BCUT2D eigenvalue weighted by Gasteiger charge is 2.23. The van der Waals surface area contributed by atoms with E-state index >= 15 is 0 Å². The summed E-state index contributed by atoms with van der Waals surface area (Å²) in [6.07, 6.45) is 0. The van der Waals surface area contributed by atoms with Crippen LogP contribution in [0.2, 0.25) is 0 Å². The van der Waals surface area contributed by atoms with Crippen molar-refractivity contribution < 1.29 is 23.7 Å². The van der Waals surface area contributed by atoms with E-state index in [1.807, 2.05) is 12.1 Å². The molecule has 0 aliphatic rings. The summed E-state index contributed by atoms with van der Waals surface area (Å²) >= 11 is 2.19. The van der Waals surface area contributed by atoms with Crippen LogP contribution in [0, 0.1) is 3.57 Å². The Kier molecular flexibility index (Phi) is 4.76. The van der Waals surface area contributed by atoms with Crippen molar-refractivity contribution in [3.05, 3.63) is 27.3 Å². The van der Waals surface area contributed by atoms with Crippen LogP contribution in [0.25, 0.3) is 10.8 Å². The minimum absolute atomic E-state index is 0.262. The van der Waals surface area contributed by atoms with Gasteiger partial charge in [-0.25, -0.2) is 4.79 Å². The van der Waals surface area contributed by atoms with Crippen molar-refractivity contribution in [1.82, 2.24) is 0 Å². The molecule has 2 rings (SSSR count). The predicted molar refractivity (Wildman–Crippen MR) is 87.7 cm³/mol. The molecule has 0 fully saturated rings. The molecular weight excluding hydrogens is 387 g/mol. The average Bonchev–Trinajstić information content (AvgIpc) is 2.51. The third-order valence-electron chi connectivity index (χ3n) is 3.14. The van der Waals surface area contributed by atoms with E-state index in [2.05, 4.69) is 22.6 Å². The minimum Gasteiger partial charge on any atom is -0.496 e. The molecule has 6 heteroatoms. The Labute approximate surface area is 136 Å². The molecule has 0 amide bonds. The summed E-state index contributed by atoms with van der Waals surface area (Å²) in [6, 6.07) is 5.56. The lowest BCUT2D eigenvalue weighted by Crippen LogP contribution is -2.07. The second-order valence-electron chi connectivity index (χ2n) is 4.19. The summed E-state index contributed by atoms with van der Waals surface area (Å²) in [6.45, 7) is 0. The molecule has 0 aliphatic carbocycles. The van der Waals surface area contributed by atoms with E-state index in [9.17, 15) is 4.79 Å². The second-order valence-corrected chi connectivity index (χ2v) is 5.35. The number of carbonyl (C=O) groups is 1. The maximum absolute atomic E-state index is 12.0. The lowest BCUT2D eigenvalue weighted by molar-refractivity contribution is 0.0593. The van der Waals surface area contributed by atoms with Gasteiger partial charge in [0.05, 0.1) is 32.0 Å². The third kappa shape index (κ3) is 2.72. The van der Waals surface area contributed by atoms with E-state index < -0.39 is 5.97 Å². The van der Waals surface area contributed by atoms with Crippen molar-refractivity contribution in [2.45, 2.75) is 0 Å². The minimum atomic E-state index is -0.511. The van der Waals surface area contributed by atoms with Gasteiger partial charge in [0.25, 0.3) is 0 Å². The number of halogens is 1. The summed E-state index contributed by atoms with van der Waals surface area (Å²) in [5.41, 5.74) is 0.262. The van der Waals surface area contributed by atoms with Gasteiger partial charge in [0.1, 0.15) is 22.8 Å². The van der Waals surface area contributed by atoms with Gasteiger partial charge in [-0.05, 0) is 46.2 Å². The van der Waals surface area contributed by atoms with Crippen molar-refractivity contribution >= 4 is 39.3 Å². The van der Waals surface area contributed by atoms with Gasteiger partial charge in [-0.2, -0.15) is 0 Å². The van der Waals surface area contributed by atoms with Crippen LogP contribution in [-0.4, -0.2) is 34.4 Å². The van der Waals surface area contributed by atoms with Crippen LogP contribution in [-0.2, 0) is 4.74 Å². The standard InChI is InChI=1S/C15H15IO5/c1-18-11-7-9-8(5-10(11)16)6-12(19-2)13(14(9)20-3)15(17)21-4/h5-7H,1-4H3. The fourth-order valence-corrected chi connectivity index (χ4v) is 2.88. The number of rotatable bonds is 4. The monoisotopic (exact) mass is 402 g/mol. The second kappa shape index (κ2) is 6.38. The fourth-order valence-electron chi connectivity index (χ4n) is 2.17. The Morgan fingerprint density at radius 1 is 0.952 bits per heavy atom. The van der Waals surface area contributed by atoms with Crippen molar-refractivity contribution in [2.75, 3.05) is 28.4 Å². The molecule has 5 nitrogen and oxygen atoms in total. The van der Waals surface area contributed by atoms with Gasteiger partial charge < -0.3 is 18.9 Å². The highest BCUT2D eigenvalue weighted by atomic mass is 127. The topological polar surface area (TPSA) is 54.0 Å². The molecule has 0 heterocycles. The van der Waals surface area contributed by atoms with Gasteiger partial charge >= 0.3 is 5.97 Å². The first-order chi connectivity index (χ1) is 10.1. The van der Waals surface area contributed by atoms with Crippen LogP contribution in [0.4, 0.5) is 0 Å². The molecule has 0 aromatic heterocycles. The van der Waals surface area contributed by atoms with Gasteiger partial charge in [0.2, 0.25) is 0 Å². The van der Waals surface area contributed by atoms with Crippen molar-refractivity contribution in [3.63, 3.8) is 0 Å². The Bertz CT molecular complexity index is 696. The van der Waals surface area contributed by atoms with Crippen molar-refractivity contribution in [1.29, 1.82) is 0 Å². The van der Waals surface area contributed by atoms with Crippen molar-refractivity contribution in [2.24, 2.45) is 0 Å². The summed E-state index contributed by atoms with van der Waals surface area (Å²) in [5, 5.41) is 1.65. The lowest BCUT2D eigenvalue weighted by atomic mass is 10.0. The van der Waals surface area contributed by atoms with Crippen LogP contribution < -0.4 is 14.2 Å². The maximum atomic E-state index is 12.0. The highest BCUT2D eigenvalue weighted by Crippen LogP contribution is 2.40. The van der Waals surface area contributed by atoms with E-state index in [1.165, 1.54) is 21.3 Å². The number of hydrogen-bond donors (Lipinski definition) is 0. The van der Waals surface area contributed by atoms with Crippen LogP contribution in [0.15, 0.2) is 18.2 Å². The number of benzene rings is 2. The molecule has 112 valence electrons. The lowest BCUT2D eigenvalue weighted by Gasteiger charge is -2.15. The first-order valence-corrected chi connectivity index (χ1v) is 7.15. The van der Waals surface area contributed by atoms with E-state index in [4.69, 9.17) is 18.9 Å². The molecule has 21 heavy (non-hydrogen) atoms.